The highest BCUT2D eigenvalue weighted by Gasteiger charge is 2.37. The molecule has 3 nitrogen and oxygen atoms in total. The van der Waals surface area contributed by atoms with E-state index in [1.165, 1.54) is 12.8 Å². The Labute approximate surface area is 117 Å². The van der Waals surface area contributed by atoms with E-state index in [-0.39, 0.29) is 18.8 Å². The Morgan fingerprint density at radius 3 is 2.45 bits per heavy atom. The third-order valence-electron chi connectivity index (χ3n) is 4.72. The molecule has 2 saturated carbocycles. The van der Waals surface area contributed by atoms with E-state index in [4.69, 9.17) is 0 Å². The van der Waals surface area contributed by atoms with Gasteiger partial charge in [0, 0.05) is 25.0 Å². The highest BCUT2D eigenvalue weighted by atomic mass is 19.3. The van der Waals surface area contributed by atoms with Gasteiger partial charge in [-0.3, -0.25) is 9.48 Å². The molecule has 0 saturated heterocycles. The first-order valence-electron chi connectivity index (χ1n) is 7.51. The predicted octanol–water partition coefficient (Wildman–Crippen LogP) is 4.10. The Balaban J connectivity index is 1.80. The molecule has 0 atom stereocenters. The molecule has 20 heavy (non-hydrogen) atoms. The van der Waals surface area contributed by atoms with Gasteiger partial charge in [0.25, 0.3) is 0 Å². The lowest BCUT2D eigenvalue weighted by Crippen LogP contribution is -2.24. The molecular weight excluding hydrogens is 262 g/mol. The van der Waals surface area contributed by atoms with E-state index in [2.05, 4.69) is 5.10 Å². The maximum Gasteiger partial charge on any atom is 0.248 e. The minimum absolute atomic E-state index is 0.0116. The normalized spacial score (nSPS) is 24.1. The maximum atomic E-state index is 13.2. The van der Waals surface area contributed by atoms with Gasteiger partial charge < -0.3 is 0 Å². The molecule has 0 amide bonds. The minimum Gasteiger partial charge on any atom is -0.298 e. The van der Waals surface area contributed by atoms with E-state index in [1.807, 2.05) is 10.9 Å². The van der Waals surface area contributed by atoms with Crippen molar-refractivity contribution in [2.45, 2.75) is 69.2 Å². The second kappa shape index (κ2) is 5.26. The Kier molecular flexibility index (Phi) is 3.61. The van der Waals surface area contributed by atoms with Crippen molar-refractivity contribution in [2.24, 2.45) is 0 Å². The quantitative estimate of drug-likeness (QED) is 0.782. The largest absolute Gasteiger partial charge is 0.298 e. The van der Waals surface area contributed by atoms with Crippen LogP contribution in [0.15, 0.2) is 6.20 Å². The van der Waals surface area contributed by atoms with Crippen LogP contribution in [0, 0.1) is 0 Å². The van der Waals surface area contributed by atoms with Crippen LogP contribution in [0.4, 0.5) is 8.78 Å². The van der Waals surface area contributed by atoms with Gasteiger partial charge in [0.05, 0.1) is 17.3 Å². The summed E-state index contributed by atoms with van der Waals surface area (Å²) in [5, 5.41) is 4.57. The summed E-state index contributed by atoms with van der Waals surface area (Å²) in [6, 6.07) is 0.382. The number of aldehydes is 1. The molecule has 3 rings (SSSR count). The molecule has 110 valence electrons. The van der Waals surface area contributed by atoms with E-state index in [9.17, 15) is 13.6 Å². The maximum absolute atomic E-state index is 13.2. The average molecular weight is 282 g/mol. The van der Waals surface area contributed by atoms with E-state index in [0.717, 1.165) is 24.8 Å². The fourth-order valence-corrected chi connectivity index (χ4v) is 3.50. The van der Waals surface area contributed by atoms with E-state index in [0.29, 0.717) is 24.4 Å². The molecule has 0 radical (unpaired) electrons. The van der Waals surface area contributed by atoms with Gasteiger partial charge in [-0.1, -0.05) is 12.8 Å². The Morgan fingerprint density at radius 1 is 1.20 bits per heavy atom. The Morgan fingerprint density at radius 2 is 1.85 bits per heavy atom. The van der Waals surface area contributed by atoms with Gasteiger partial charge in [-0.2, -0.15) is 5.10 Å². The van der Waals surface area contributed by atoms with Crippen LogP contribution in [0.2, 0.25) is 0 Å². The SMILES string of the molecule is O=Cc1cn(C2CCCC2)nc1C1CCC(F)(F)CC1. The van der Waals surface area contributed by atoms with E-state index in [1.54, 1.807) is 0 Å². The summed E-state index contributed by atoms with van der Waals surface area (Å²) in [7, 11) is 0. The summed E-state index contributed by atoms with van der Waals surface area (Å²) in [5.74, 6) is -2.52. The lowest BCUT2D eigenvalue weighted by atomic mass is 9.84. The summed E-state index contributed by atoms with van der Waals surface area (Å²) in [5.41, 5.74) is 1.33. The van der Waals surface area contributed by atoms with Crippen LogP contribution in [-0.2, 0) is 0 Å². The zero-order chi connectivity index (χ0) is 14.2. The van der Waals surface area contributed by atoms with Gasteiger partial charge in [0.1, 0.15) is 0 Å². The minimum atomic E-state index is -2.54. The third kappa shape index (κ3) is 2.63. The van der Waals surface area contributed by atoms with Crippen molar-refractivity contribution in [3.8, 4) is 0 Å². The van der Waals surface area contributed by atoms with Crippen LogP contribution in [0.25, 0.3) is 0 Å². The number of carbonyl (C=O) groups excluding carboxylic acids is 1. The average Bonchev–Trinajstić information content (AvgIpc) is 3.07. The third-order valence-corrected chi connectivity index (χ3v) is 4.72. The van der Waals surface area contributed by atoms with Crippen molar-refractivity contribution < 1.29 is 13.6 Å². The summed E-state index contributed by atoms with van der Waals surface area (Å²) in [6.07, 6.45) is 7.90. The van der Waals surface area contributed by atoms with Crippen LogP contribution >= 0.6 is 0 Å². The smallest absolute Gasteiger partial charge is 0.248 e. The molecule has 0 spiro atoms. The first kappa shape index (κ1) is 13.7. The standard InChI is InChI=1S/C15H20F2N2O/c16-15(17)7-5-11(6-8-15)14-12(10-20)9-19(18-14)13-3-1-2-4-13/h9-11,13H,1-8H2. The van der Waals surface area contributed by atoms with E-state index >= 15 is 0 Å². The Bertz CT molecular complexity index is 482. The fourth-order valence-electron chi connectivity index (χ4n) is 3.50. The molecule has 2 aliphatic carbocycles. The van der Waals surface area contributed by atoms with Crippen molar-refractivity contribution in [1.82, 2.24) is 9.78 Å². The van der Waals surface area contributed by atoms with Crippen LogP contribution in [0.1, 0.15) is 79.4 Å². The highest BCUT2D eigenvalue weighted by Crippen LogP contribution is 2.41. The number of hydrogen-bond acceptors (Lipinski definition) is 2. The van der Waals surface area contributed by atoms with Crippen LogP contribution in [-0.4, -0.2) is 22.0 Å². The number of nitrogens with zero attached hydrogens (tertiary/aromatic N) is 2. The van der Waals surface area contributed by atoms with Crippen molar-refractivity contribution in [1.29, 1.82) is 0 Å². The molecule has 1 aromatic rings. The summed E-state index contributed by atoms with van der Waals surface area (Å²) in [6.45, 7) is 0. The lowest BCUT2D eigenvalue weighted by Gasteiger charge is -2.27. The van der Waals surface area contributed by atoms with Crippen LogP contribution in [0.5, 0.6) is 0 Å². The number of carbonyl (C=O) groups is 1. The molecule has 5 heteroatoms. The first-order valence-corrected chi connectivity index (χ1v) is 7.51. The van der Waals surface area contributed by atoms with Gasteiger partial charge in [-0.15, -0.1) is 0 Å². The van der Waals surface area contributed by atoms with Crippen molar-refractivity contribution in [2.75, 3.05) is 0 Å². The van der Waals surface area contributed by atoms with Gasteiger partial charge in [-0.05, 0) is 25.7 Å². The molecule has 2 fully saturated rings. The van der Waals surface area contributed by atoms with Crippen molar-refractivity contribution >= 4 is 6.29 Å². The molecule has 0 N–H and O–H groups in total. The number of alkyl halides is 2. The van der Waals surface area contributed by atoms with Gasteiger partial charge in [0.15, 0.2) is 6.29 Å². The Hall–Kier alpha value is -1.26. The molecule has 0 aromatic carbocycles. The fraction of sp³-hybridized carbons (Fsp3) is 0.733. The van der Waals surface area contributed by atoms with E-state index < -0.39 is 5.92 Å². The second-order valence-electron chi connectivity index (χ2n) is 6.14. The predicted molar refractivity (Wildman–Crippen MR) is 71.3 cm³/mol. The number of rotatable bonds is 3. The summed E-state index contributed by atoms with van der Waals surface area (Å²) >= 11 is 0. The van der Waals surface area contributed by atoms with Gasteiger partial charge in [-0.25, -0.2) is 8.78 Å². The number of aromatic nitrogens is 2. The zero-order valence-corrected chi connectivity index (χ0v) is 11.5. The number of halogens is 2. The van der Waals surface area contributed by atoms with Crippen molar-refractivity contribution in [3.63, 3.8) is 0 Å². The zero-order valence-electron chi connectivity index (χ0n) is 11.5. The molecular formula is C15H20F2N2O. The molecule has 0 aliphatic heterocycles. The molecule has 1 aromatic heterocycles. The topological polar surface area (TPSA) is 34.9 Å². The molecule has 1 heterocycles. The molecule has 0 unspecified atom stereocenters. The number of hydrogen-bond donors (Lipinski definition) is 0. The monoisotopic (exact) mass is 282 g/mol. The highest BCUT2D eigenvalue weighted by molar-refractivity contribution is 5.76. The van der Waals surface area contributed by atoms with Gasteiger partial charge in [0.2, 0.25) is 5.92 Å². The molecule has 2 aliphatic rings. The first-order chi connectivity index (χ1) is 9.59. The van der Waals surface area contributed by atoms with Crippen molar-refractivity contribution in [3.05, 3.63) is 17.5 Å². The summed E-state index contributed by atoms with van der Waals surface area (Å²) < 4.78 is 28.4. The van der Waals surface area contributed by atoms with Crippen LogP contribution < -0.4 is 0 Å². The summed E-state index contributed by atoms with van der Waals surface area (Å²) in [4.78, 5) is 11.2. The van der Waals surface area contributed by atoms with Crippen LogP contribution in [0.3, 0.4) is 0 Å². The second-order valence-corrected chi connectivity index (χ2v) is 6.14. The van der Waals surface area contributed by atoms with Gasteiger partial charge >= 0.3 is 0 Å². The lowest BCUT2D eigenvalue weighted by molar-refractivity contribution is -0.0385. The molecule has 0 bridgehead atoms.